The van der Waals surface area contributed by atoms with Crippen LogP contribution in [-0.4, -0.2) is 18.3 Å². The van der Waals surface area contributed by atoms with Crippen molar-refractivity contribution in [2.75, 3.05) is 11.6 Å². The van der Waals surface area contributed by atoms with Crippen LogP contribution in [0.15, 0.2) is 36.4 Å². The Hall–Kier alpha value is -2.36. The van der Waals surface area contributed by atoms with Crippen molar-refractivity contribution in [3.05, 3.63) is 42.0 Å². The number of rotatable bonds is 6. The van der Waals surface area contributed by atoms with E-state index in [1.54, 1.807) is 12.0 Å². The van der Waals surface area contributed by atoms with Crippen molar-refractivity contribution in [2.45, 2.75) is 33.6 Å². The molecule has 22 heavy (non-hydrogen) atoms. The summed E-state index contributed by atoms with van der Waals surface area (Å²) in [6, 6.07) is 11.4. The highest BCUT2D eigenvalue weighted by molar-refractivity contribution is 5.99. The average molecular weight is 299 g/mol. The van der Waals surface area contributed by atoms with Gasteiger partial charge >= 0.3 is 5.97 Å². The van der Waals surface area contributed by atoms with Crippen LogP contribution in [0, 0.1) is 0 Å². The van der Waals surface area contributed by atoms with Gasteiger partial charge in [-0.1, -0.05) is 25.1 Å². The van der Waals surface area contributed by atoms with Crippen LogP contribution in [0.3, 0.4) is 0 Å². The predicted octanol–water partition coefficient (Wildman–Crippen LogP) is 4.13. The summed E-state index contributed by atoms with van der Waals surface area (Å²) in [7, 11) is 0. The van der Waals surface area contributed by atoms with Crippen LogP contribution in [0.25, 0.3) is 10.8 Å². The van der Waals surface area contributed by atoms with E-state index in [2.05, 4.69) is 0 Å². The van der Waals surface area contributed by atoms with Gasteiger partial charge in [0, 0.05) is 12.0 Å². The third-order valence-electron chi connectivity index (χ3n) is 3.47. The van der Waals surface area contributed by atoms with Gasteiger partial charge in [-0.2, -0.15) is 0 Å². The number of hydroxylamine groups is 1. The second kappa shape index (κ2) is 7.07. The van der Waals surface area contributed by atoms with Crippen molar-refractivity contribution >= 4 is 28.2 Å². The van der Waals surface area contributed by atoms with Crippen molar-refractivity contribution in [1.29, 1.82) is 0 Å². The molecule has 0 fully saturated rings. The number of carbonyl (C=O) groups is 2. The van der Waals surface area contributed by atoms with Gasteiger partial charge in [0.25, 0.3) is 0 Å². The molecule has 2 aromatic carbocycles. The largest absolute Gasteiger partial charge is 0.341 e. The Labute approximate surface area is 130 Å². The lowest BCUT2D eigenvalue weighted by molar-refractivity contribution is -0.145. The van der Waals surface area contributed by atoms with E-state index in [-0.39, 0.29) is 11.8 Å². The van der Waals surface area contributed by atoms with E-state index in [1.807, 2.05) is 50.2 Å². The van der Waals surface area contributed by atoms with Crippen LogP contribution in [0.4, 0.5) is 5.69 Å². The Bertz CT molecular complexity index is 694. The molecule has 116 valence electrons. The molecule has 0 saturated heterocycles. The highest BCUT2D eigenvalue weighted by atomic mass is 16.7. The van der Waals surface area contributed by atoms with Crippen LogP contribution in [0.1, 0.15) is 44.0 Å². The monoisotopic (exact) mass is 299 g/mol. The number of hydrogen-bond acceptors (Lipinski definition) is 4. The molecule has 4 heteroatoms. The molecule has 0 radical (unpaired) electrons. The first-order chi connectivity index (χ1) is 10.5. The Morgan fingerprint density at radius 1 is 1.05 bits per heavy atom. The Balaban J connectivity index is 2.29. The maximum atomic E-state index is 11.7. The van der Waals surface area contributed by atoms with Gasteiger partial charge in [0.15, 0.2) is 5.78 Å². The predicted molar refractivity (Wildman–Crippen MR) is 88.0 cm³/mol. The second-order valence-corrected chi connectivity index (χ2v) is 5.21. The molecule has 2 aromatic rings. The Kier molecular flexibility index (Phi) is 5.15. The van der Waals surface area contributed by atoms with Crippen LogP contribution < -0.4 is 5.06 Å². The summed E-state index contributed by atoms with van der Waals surface area (Å²) < 4.78 is 0. The minimum absolute atomic E-state index is 0.0506. The first-order valence-electron chi connectivity index (χ1n) is 7.58. The minimum Gasteiger partial charge on any atom is -0.341 e. The van der Waals surface area contributed by atoms with Crippen molar-refractivity contribution in [2.24, 2.45) is 0 Å². The summed E-state index contributed by atoms with van der Waals surface area (Å²) >= 11 is 0. The standard InChI is InChI=1S/C18H21NO3/c1-4-6-18(21)22-19(5-2)17-10-9-15-11-14(13(3)20)7-8-16(15)12-17/h7-12H,4-6H2,1-3H3. The van der Waals surface area contributed by atoms with Gasteiger partial charge in [-0.3, -0.25) is 4.79 Å². The lowest BCUT2D eigenvalue weighted by Gasteiger charge is -2.22. The zero-order valence-electron chi connectivity index (χ0n) is 13.3. The molecular formula is C18H21NO3. The summed E-state index contributed by atoms with van der Waals surface area (Å²) in [4.78, 5) is 28.5. The maximum absolute atomic E-state index is 11.7. The number of ketones is 1. The fourth-order valence-corrected chi connectivity index (χ4v) is 2.28. The third-order valence-corrected chi connectivity index (χ3v) is 3.47. The molecule has 0 N–H and O–H groups in total. The molecule has 0 heterocycles. The topological polar surface area (TPSA) is 46.6 Å². The first kappa shape index (κ1) is 16.0. The average Bonchev–Trinajstić information content (AvgIpc) is 2.51. The first-order valence-corrected chi connectivity index (χ1v) is 7.58. The maximum Gasteiger partial charge on any atom is 0.332 e. The SMILES string of the molecule is CCCC(=O)ON(CC)c1ccc2cc(C(C)=O)ccc2c1. The van der Waals surface area contributed by atoms with Crippen LogP contribution in [0.5, 0.6) is 0 Å². The van der Waals surface area contributed by atoms with Crippen molar-refractivity contribution in [1.82, 2.24) is 0 Å². The number of benzene rings is 2. The van der Waals surface area contributed by atoms with E-state index < -0.39 is 0 Å². The van der Waals surface area contributed by atoms with E-state index in [0.717, 1.165) is 22.9 Å². The number of fused-ring (bicyclic) bond motifs is 1. The zero-order valence-corrected chi connectivity index (χ0v) is 13.3. The molecule has 4 nitrogen and oxygen atoms in total. The molecule has 0 bridgehead atoms. The van der Waals surface area contributed by atoms with Crippen molar-refractivity contribution in [3.63, 3.8) is 0 Å². The minimum atomic E-state index is -0.226. The van der Waals surface area contributed by atoms with Crippen LogP contribution in [0.2, 0.25) is 0 Å². The van der Waals surface area contributed by atoms with E-state index in [0.29, 0.717) is 18.5 Å². The van der Waals surface area contributed by atoms with Crippen molar-refractivity contribution < 1.29 is 14.4 Å². The van der Waals surface area contributed by atoms with Gasteiger partial charge < -0.3 is 4.84 Å². The molecule has 0 spiro atoms. The van der Waals surface area contributed by atoms with Gasteiger partial charge in [0.05, 0.1) is 12.2 Å². The quantitative estimate of drug-likeness (QED) is 0.594. The van der Waals surface area contributed by atoms with Crippen molar-refractivity contribution in [3.8, 4) is 0 Å². The summed E-state index contributed by atoms with van der Waals surface area (Å²) in [5.74, 6) is -0.175. The van der Waals surface area contributed by atoms with E-state index in [4.69, 9.17) is 4.84 Å². The van der Waals surface area contributed by atoms with Gasteiger partial charge in [0.1, 0.15) is 0 Å². The molecule has 0 aromatic heterocycles. The smallest absolute Gasteiger partial charge is 0.332 e. The lowest BCUT2D eigenvalue weighted by Crippen LogP contribution is -2.26. The number of hydrogen-bond donors (Lipinski definition) is 0. The van der Waals surface area contributed by atoms with Gasteiger partial charge in [-0.15, -0.1) is 0 Å². The number of Topliss-reactive ketones (excluding diaryl/α,β-unsaturated/α-hetero) is 1. The third kappa shape index (κ3) is 3.64. The summed E-state index contributed by atoms with van der Waals surface area (Å²) in [6.07, 6.45) is 1.17. The molecule has 0 aliphatic rings. The van der Waals surface area contributed by atoms with E-state index in [1.165, 1.54) is 0 Å². The molecular weight excluding hydrogens is 278 g/mol. The molecule has 0 aliphatic heterocycles. The molecule has 0 amide bonds. The van der Waals surface area contributed by atoms with Gasteiger partial charge in [-0.05, 0) is 49.2 Å². The van der Waals surface area contributed by atoms with Gasteiger partial charge in [0.2, 0.25) is 0 Å². The highest BCUT2D eigenvalue weighted by Gasteiger charge is 2.11. The summed E-state index contributed by atoms with van der Waals surface area (Å²) in [6.45, 7) is 6.01. The molecule has 0 saturated carbocycles. The van der Waals surface area contributed by atoms with E-state index >= 15 is 0 Å². The van der Waals surface area contributed by atoms with E-state index in [9.17, 15) is 9.59 Å². The van der Waals surface area contributed by atoms with Crippen LogP contribution >= 0.6 is 0 Å². The lowest BCUT2D eigenvalue weighted by atomic mass is 10.0. The fourth-order valence-electron chi connectivity index (χ4n) is 2.28. The van der Waals surface area contributed by atoms with Crippen LogP contribution in [-0.2, 0) is 9.63 Å². The Morgan fingerprint density at radius 3 is 2.36 bits per heavy atom. The zero-order chi connectivity index (χ0) is 16.1. The summed E-state index contributed by atoms with van der Waals surface area (Å²) in [5, 5.41) is 3.59. The molecule has 2 rings (SSSR count). The number of carbonyl (C=O) groups excluding carboxylic acids is 2. The summed E-state index contributed by atoms with van der Waals surface area (Å²) in [5.41, 5.74) is 1.52. The molecule has 0 atom stereocenters. The highest BCUT2D eigenvalue weighted by Crippen LogP contribution is 2.24. The second-order valence-electron chi connectivity index (χ2n) is 5.21. The number of nitrogens with zero attached hydrogens (tertiary/aromatic N) is 1. The normalized spacial score (nSPS) is 10.5. The van der Waals surface area contributed by atoms with Gasteiger partial charge in [-0.25, -0.2) is 9.86 Å². The molecule has 0 aliphatic carbocycles. The molecule has 0 unspecified atom stereocenters. The fraction of sp³-hybridized carbons (Fsp3) is 0.333. The number of anilines is 1. The Morgan fingerprint density at radius 2 is 1.73 bits per heavy atom.